The number of hydrogen-bond acceptors (Lipinski definition) is 2. The fourth-order valence-electron chi connectivity index (χ4n) is 2.87. The standard InChI is InChI=1S/C19H15NOS/c1-12-7-9-13(10-8-12)17-11-15-14-5-3-4-6-16(14)20(2)19(21)18(15)22-17/h3-11H,1-2H3. The van der Waals surface area contributed by atoms with E-state index in [0.717, 1.165) is 31.4 Å². The zero-order valence-electron chi connectivity index (χ0n) is 12.5. The summed E-state index contributed by atoms with van der Waals surface area (Å²) in [7, 11) is 1.84. The second-order valence-electron chi connectivity index (χ2n) is 5.60. The number of fused-ring (bicyclic) bond motifs is 3. The van der Waals surface area contributed by atoms with Gasteiger partial charge in [-0.25, -0.2) is 0 Å². The number of nitrogens with zero attached hydrogens (tertiary/aromatic N) is 1. The van der Waals surface area contributed by atoms with Crippen LogP contribution in [0.5, 0.6) is 0 Å². The van der Waals surface area contributed by atoms with Gasteiger partial charge < -0.3 is 4.57 Å². The molecule has 2 nitrogen and oxygen atoms in total. The molecule has 0 aliphatic carbocycles. The van der Waals surface area contributed by atoms with Crippen molar-refractivity contribution in [2.45, 2.75) is 6.92 Å². The molecule has 0 aliphatic heterocycles. The van der Waals surface area contributed by atoms with E-state index in [4.69, 9.17) is 0 Å². The number of thiophene rings is 1. The molecule has 0 spiro atoms. The van der Waals surface area contributed by atoms with Gasteiger partial charge in [0.05, 0.1) is 5.52 Å². The second-order valence-corrected chi connectivity index (χ2v) is 6.65. The lowest BCUT2D eigenvalue weighted by molar-refractivity contribution is 0.920. The molecule has 2 aromatic carbocycles. The molecule has 0 atom stereocenters. The maximum Gasteiger partial charge on any atom is 0.268 e. The lowest BCUT2D eigenvalue weighted by Crippen LogP contribution is -2.15. The van der Waals surface area contributed by atoms with Gasteiger partial charge in [0.15, 0.2) is 0 Å². The van der Waals surface area contributed by atoms with Gasteiger partial charge in [-0.15, -0.1) is 11.3 Å². The second kappa shape index (κ2) is 4.82. The molecule has 4 rings (SSSR count). The highest BCUT2D eigenvalue weighted by Gasteiger charge is 2.12. The lowest BCUT2D eigenvalue weighted by atomic mass is 10.1. The fourth-order valence-corrected chi connectivity index (χ4v) is 4.02. The molecule has 22 heavy (non-hydrogen) atoms. The molecule has 4 aromatic rings. The predicted molar refractivity (Wildman–Crippen MR) is 94.7 cm³/mol. The fraction of sp³-hybridized carbons (Fsp3) is 0.105. The van der Waals surface area contributed by atoms with E-state index >= 15 is 0 Å². The topological polar surface area (TPSA) is 22.0 Å². The van der Waals surface area contributed by atoms with Crippen molar-refractivity contribution in [1.29, 1.82) is 0 Å². The van der Waals surface area contributed by atoms with Crippen molar-refractivity contribution in [3.05, 3.63) is 70.5 Å². The maximum atomic E-state index is 12.6. The predicted octanol–water partition coefficient (Wildman–Crippen LogP) is 4.73. The maximum absolute atomic E-state index is 12.6. The molecule has 0 aliphatic rings. The minimum Gasteiger partial charge on any atom is -0.310 e. The Kier molecular flexibility index (Phi) is 2.91. The van der Waals surface area contributed by atoms with E-state index in [0.29, 0.717) is 0 Å². The van der Waals surface area contributed by atoms with Gasteiger partial charge in [-0.3, -0.25) is 4.79 Å². The summed E-state index contributed by atoms with van der Waals surface area (Å²) in [5.41, 5.74) is 3.47. The zero-order chi connectivity index (χ0) is 15.3. The summed E-state index contributed by atoms with van der Waals surface area (Å²) in [6, 6.07) is 18.7. The highest BCUT2D eigenvalue weighted by atomic mass is 32.1. The zero-order valence-corrected chi connectivity index (χ0v) is 13.3. The Bertz CT molecular complexity index is 1050. The van der Waals surface area contributed by atoms with Crippen LogP contribution in [0.15, 0.2) is 59.4 Å². The van der Waals surface area contributed by atoms with Crippen LogP contribution in [0.1, 0.15) is 5.56 Å². The molecule has 0 unspecified atom stereocenters. The lowest BCUT2D eigenvalue weighted by Gasteiger charge is -2.05. The molecular weight excluding hydrogens is 290 g/mol. The van der Waals surface area contributed by atoms with Crippen molar-refractivity contribution in [2.75, 3.05) is 0 Å². The molecule has 3 heteroatoms. The highest BCUT2D eigenvalue weighted by molar-refractivity contribution is 7.22. The molecule has 0 saturated heterocycles. The average molecular weight is 305 g/mol. The van der Waals surface area contributed by atoms with Crippen molar-refractivity contribution in [3.63, 3.8) is 0 Å². The Labute approximate surface area is 132 Å². The van der Waals surface area contributed by atoms with Crippen molar-refractivity contribution >= 4 is 32.3 Å². The van der Waals surface area contributed by atoms with E-state index in [1.54, 1.807) is 15.9 Å². The van der Waals surface area contributed by atoms with Crippen LogP contribution < -0.4 is 5.56 Å². The number of aryl methyl sites for hydroxylation is 2. The normalized spacial score (nSPS) is 11.4. The minimum atomic E-state index is 0.0806. The molecule has 2 aromatic heterocycles. The van der Waals surface area contributed by atoms with Gasteiger partial charge >= 0.3 is 0 Å². The molecule has 0 amide bonds. The van der Waals surface area contributed by atoms with E-state index in [-0.39, 0.29) is 5.56 Å². The average Bonchev–Trinajstić information content (AvgIpc) is 2.99. The number of para-hydroxylation sites is 1. The van der Waals surface area contributed by atoms with E-state index < -0.39 is 0 Å². The monoisotopic (exact) mass is 305 g/mol. The summed E-state index contributed by atoms with van der Waals surface area (Å²) < 4.78 is 2.57. The van der Waals surface area contributed by atoms with Crippen LogP contribution in [0.25, 0.3) is 31.4 Å². The number of rotatable bonds is 1. The third-order valence-corrected chi connectivity index (χ3v) is 5.29. The summed E-state index contributed by atoms with van der Waals surface area (Å²) in [6.07, 6.45) is 0. The summed E-state index contributed by atoms with van der Waals surface area (Å²) in [5, 5.41) is 2.19. The first kappa shape index (κ1) is 13.3. The summed E-state index contributed by atoms with van der Waals surface area (Å²) in [6.45, 7) is 2.08. The van der Waals surface area contributed by atoms with E-state index in [2.05, 4.69) is 43.3 Å². The van der Waals surface area contributed by atoms with Crippen molar-refractivity contribution < 1.29 is 0 Å². The molecule has 0 fully saturated rings. The first-order chi connectivity index (χ1) is 10.6. The Morgan fingerprint density at radius 1 is 0.955 bits per heavy atom. The molecular formula is C19H15NOS. The highest BCUT2D eigenvalue weighted by Crippen LogP contribution is 2.35. The van der Waals surface area contributed by atoms with Gasteiger partial charge in [-0.05, 0) is 24.6 Å². The van der Waals surface area contributed by atoms with Crippen molar-refractivity contribution in [1.82, 2.24) is 4.57 Å². The minimum absolute atomic E-state index is 0.0806. The van der Waals surface area contributed by atoms with E-state index in [9.17, 15) is 4.79 Å². The van der Waals surface area contributed by atoms with Gasteiger partial charge in [-0.2, -0.15) is 0 Å². The van der Waals surface area contributed by atoms with Crippen LogP contribution >= 0.6 is 11.3 Å². The van der Waals surface area contributed by atoms with E-state index in [1.807, 2.05) is 25.2 Å². The first-order valence-electron chi connectivity index (χ1n) is 7.23. The smallest absolute Gasteiger partial charge is 0.268 e. The molecule has 0 N–H and O–H groups in total. The first-order valence-corrected chi connectivity index (χ1v) is 8.05. The Morgan fingerprint density at radius 2 is 1.68 bits per heavy atom. The van der Waals surface area contributed by atoms with Crippen molar-refractivity contribution in [3.8, 4) is 10.4 Å². The number of aromatic nitrogens is 1. The Morgan fingerprint density at radius 3 is 2.45 bits per heavy atom. The molecule has 0 radical (unpaired) electrons. The van der Waals surface area contributed by atoms with Gasteiger partial charge in [0.2, 0.25) is 0 Å². The third kappa shape index (κ3) is 1.90. The van der Waals surface area contributed by atoms with Crippen LogP contribution in [-0.4, -0.2) is 4.57 Å². The van der Waals surface area contributed by atoms with Gasteiger partial charge in [0.1, 0.15) is 4.70 Å². The van der Waals surface area contributed by atoms with Crippen LogP contribution in [-0.2, 0) is 7.05 Å². The Balaban J connectivity index is 2.09. The van der Waals surface area contributed by atoms with Crippen LogP contribution in [0, 0.1) is 6.92 Å². The quantitative estimate of drug-likeness (QED) is 0.498. The Hall–Kier alpha value is -2.39. The molecule has 108 valence electrons. The van der Waals surface area contributed by atoms with Crippen molar-refractivity contribution in [2.24, 2.45) is 7.05 Å². The van der Waals surface area contributed by atoms with E-state index in [1.165, 1.54) is 5.56 Å². The van der Waals surface area contributed by atoms with Crippen LogP contribution in [0.2, 0.25) is 0 Å². The summed E-state index contributed by atoms with van der Waals surface area (Å²) >= 11 is 1.58. The summed E-state index contributed by atoms with van der Waals surface area (Å²) in [5.74, 6) is 0. The largest absolute Gasteiger partial charge is 0.310 e. The van der Waals surface area contributed by atoms with Gasteiger partial charge in [0, 0.05) is 22.7 Å². The third-order valence-electron chi connectivity index (χ3n) is 4.12. The molecule has 0 bridgehead atoms. The SMILES string of the molecule is Cc1ccc(-c2cc3c(s2)c(=O)n(C)c2ccccc32)cc1. The number of hydrogen-bond donors (Lipinski definition) is 0. The van der Waals surface area contributed by atoms with Crippen LogP contribution in [0.4, 0.5) is 0 Å². The van der Waals surface area contributed by atoms with Crippen LogP contribution in [0.3, 0.4) is 0 Å². The number of pyridine rings is 1. The molecule has 2 heterocycles. The molecule has 0 saturated carbocycles. The van der Waals surface area contributed by atoms with Gasteiger partial charge in [-0.1, -0.05) is 48.0 Å². The number of benzene rings is 2. The van der Waals surface area contributed by atoms with Gasteiger partial charge in [0.25, 0.3) is 5.56 Å². The summed E-state index contributed by atoms with van der Waals surface area (Å²) in [4.78, 5) is 13.8.